The van der Waals surface area contributed by atoms with Gasteiger partial charge in [-0.3, -0.25) is 9.59 Å². The number of hydrogen-bond donors (Lipinski definition) is 2. The third-order valence-electron chi connectivity index (χ3n) is 3.69. The number of carbonyl (C=O) groups excluding carboxylic acids is 2. The molecule has 2 N–H and O–H groups in total. The zero-order valence-electron chi connectivity index (χ0n) is 16.1. The van der Waals surface area contributed by atoms with E-state index in [0.717, 1.165) is 17.7 Å². The fraction of sp³-hybridized carbons (Fsp3) is 0.286. The molecule has 0 spiro atoms. The molecule has 28 heavy (non-hydrogen) atoms. The van der Waals surface area contributed by atoms with Gasteiger partial charge in [0.25, 0.3) is 0 Å². The Balaban J connectivity index is 1.76. The summed E-state index contributed by atoms with van der Waals surface area (Å²) in [6.07, 6.45) is 2.53. The monoisotopic (exact) mass is 383 g/mol. The molecule has 0 unspecified atom stereocenters. The molecule has 148 valence electrons. The van der Waals surface area contributed by atoms with E-state index in [9.17, 15) is 9.59 Å². The number of benzene rings is 2. The molecular formula is C21H25N3O4. The van der Waals surface area contributed by atoms with Crippen LogP contribution in [0.1, 0.15) is 31.7 Å². The van der Waals surface area contributed by atoms with Crippen LogP contribution in [0.3, 0.4) is 0 Å². The van der Waals surface area contributed by atoms with Crippen LogP contribution in [0.15, 0.2) is 53.6 Å². The normalized spacial score (nSPS) is 10.5. The summed E-state index contributed by atoms with van der Waals surface area (Å²) in [4.78, 5) is 23.9. The minimum absolute atomic E-state index is 0.0258. The van der Waals surface area contributed by atoms with Gasteiger partial charge in [-0.15, -0.1) is 0 Å². The number of methoxy groups -OCH3 is 1. The zero-order valence-corrected chi connectivity index (χ0v) is 16.1. The Kier molecular flexibility index (Phi) is 8.52. The van der Waals surface area contributed by atoms with Crippen LogP contribution in [0.2, 0.25) is 0 Å². The molecule has 2 aromatic carbocycles. The quantitative estimate of drug-likeness (QED) is 0.486. The molecule has 0 fully saturated rings. The van der Waals surface area contributed by atoms with Crippen LogP contribution in [-0.4, -0.2) is 31.7 Å². The predicted molar refractivity (Wildman–Crippen MR) is 109 cm³/mol. The van der Waals surface area contributed by atoms with E-state index in [2.05, 4.69) is 15.8 Å². The summed E-state index contributed by atoms with van der Waals surface area (Å²) in [6, 6.07) is 14.5. The molecule has 0 saturated heterocycles. The van der Waals surface area contributed by atoms with Gasteiger partial charge in [0.05, 0.1) is 25.6 Å². The van der Waals surface area contributed by atoms with Crippen LogP contribution < -0.4 is 20.2 Å². The van der Waals surface area contributed by atoms with E-state index in [1.807, 2.05) is 37.3 Å². The van der Waals surface area contributed by atoms with Gasteiger partial charge in [0, 0.05) is 12.8 Å². The third-order valence-corrected chi connectivity index (χ3v) is 3.69. The van der Waals surface area contributed by atoms with Crippen LogP contribution in [0.4, 0.5) is 5.69 Å². The van der Waals surface area contributed by atoms with Crippen molar-refractivity contribution in [1.29, 1.82) is 0 Å². The Morgan fingerprint density at radius 2 is 1.86 bits per heavy atom. The molecule has 7 heteroatoms. The minimum atomic E-state index is -0.343. The zero-order chi connectivity index (χ0) is 20.2. The smallest absolute Gasteiger partial charge is 0.240 e. The predicted octanol–water partition coefficient (Wildman–Crippen LogP) is 3.35. The van der Waals surface area contributed by atoms with Crippen molar-refractivity contribution in [2.24, 2.45) is 5.10 Å². The number of hydrazone groups is 1. The second kappa shape index (κ2) is 11.4. The van der Waals surface area contributed by atoms with Crippen molar-refractivity contribution >= 4 is 23.7 Å². The number of rotatable bonds is 10. The number of nitrogens with one attached hydrogen (secondary N) is 2. The molecule has 7 nitrogen and oxygen atoms in total. The molecule has 2 amide bonds. The van der Waals surface area contributed by atoms with Gasteiger partial charge in [-0.1, -0.05) is 31.2 Å². The number of nitrogens with zero attached hydrogens (tertiary/aromatic N) is 1. The lowest BCUT2D eigenvalue weighted by molar-refractivity contribution is -0.124. The van der Waals surface area contributed by atoms with Gasteiger partial charge in [0.2, 0.25) is 11.8 Å². The van der Waals surface area contributed by atoms with E-state index in [1.54, 1.807) is 18.2 Å². The maximum atomic E-state index is 12.0. The van der Waals surface area contributed by atoms with Gasteiger partial charge in [-0.2, -0.15) is 5.10 Å². The average Bonchev–Trinajstić information content (AvgIpc) is 2.71. The van der Waals surface area contributed by atoms with Crippen molar-refractivity contribution in [3.63, 3.8) is 0 Å². The maximum absolute atomic E-state index is 12.0. The van der Waals surface area contributed by atoms with E-state index in [-0.39, 0.29) is 24.7 Å². The van der Waals surface area contributed by atoms with Crippen molar-refractivity contribution in [3.05, 3.63) is 54.1 Å². The Hall–Kier alpha value is -3.35. The van der Waals surface area contributed by atoms with Crippen LogP contribution in [0.25, 0.3) is 0 Å². The van der Waals surface area contributed by atoms with Crippen molar-refractivity contribution in [1.82, 2.24) is 5.43 Å². The molecule has 0 bridgehead atoms. The number of amides is 2. The molecule has 0 aliphatic heterocycles. The number of carbonyl (C=O) groups is 2. The maximum Gasteiger partial charge on any atom is 0.240 e. The SMILES string of the molecule is CCCOc1cccc(C=NNC(=O)CCC(=O)Nc2ccccc2OC)c1. The molecule has 0 radical (unpaired) electrons. The van der Waals surface area contributed by atoms with Crippen molar-refractivity contribution < 1.29 is 19.1 Å². The Morgan fingerprint density at radius 1 is 1.07 bits per heavy atom. The number of anilines is 1. The standard InChI is InChI=1S/C21H25N3O4/c1-3-13-28-17-8-6-7-16(14-17)15-22-24-21(26)12-11-20(25)23-18-9-4-5-10-19(18)27-2/h4-10,14-15H,3,11-13H2,1-2H3,(H,23,25)(H,24,26). The Labute approximate surface area is 164 Å². The summed E-state index contributed by atoms with van der Waals surface area (Å²) in [5, 5.41) is 6.65. The average molecular weight is 383 g/mol. The van der Waals surface area contributed by atoms with Crippen LogP contribution in [-0.2, 0) is 9.59 Å². The number of hydrogen-bond acceptors (Lipinski definition) is 5. The number of ether oxygens (including phenoxy) is 2. The Bertz CT molecular complexity index is 821. The molecular weight excluding hydrogens is 358 g/mol. The third kappa shape index (κ3) is 7.11. The molecule has 0 aliphatic rings. The van der Waals surface area contributed by atoms with Crippen molar-refractivity contribution in [2.45, 2.75) is 26.2 Å². The van der Waals surface area contributed by atoms with Gasteiger partial charge >= 0.3 is 0 Å². The fourth-order valence-electron chi connectivity index (χ4n) is 2.33. The van der Waals surface area contributed by atoms with Crippen LogP contribution >= 0.6 is 0 Å². The highest BCUT2D eigenvalue weighted by Crippen LogP contribution is 2.23. The van der Waals surface area contributed by atoms with Gasteiger partial charge in [0.1, 0.15) is 11.5 Å². The molecule has 2 aromatic rings. The molecule has 0 aliphatic carbocycles. The summed E-state index contributed by atoms with van der Waals surface area (Å²) in [5.41, 5.74) is 3.80. The second-order valence-electron chi connectivity index (χ2n) is 5.96. The molecule has 0 saturated carbocycles. The first kappa shape index (κ1) is 21.0. The van der Waals surface area contributed by atoms with Gasteiger partial charge in [-0.25, -0.2) is 5.43 Å². The van der Waals surface area contributed by atoms with Crippen molar-refractivity contribution in [3.8, 4) is 11.5 Å². The van der Waals surface area contributed by atoms with E-state index < -0.39 is 0 Å². The largest absolute Gasteiger partial charge is 0.495 e. The summed E-state index contributed by atoms with van der Waals surface area (Å²) in [5.74, 6) is 0.703. The van der Waals surface area contributed by atoms with Gasteiger partial charge < -0.3 is 14.8 Å². The lowest BCUT2D eigenvalue weighted by Crippen LogP contribution is -2.20. The van der Waals surface area contributed by atoms with Gasteiger partial charge in [0.15, 0.2) is 0 Å². The van der Waals surface area contributed by atoms with E-state index in [4.69, 9.17) is 9.47 Å². The van der Waals surface area contributed by atoms with Crippen LogP contribution in [0.5, 0.6) is 11.5 Å². The minimum Gasteiger partial charge on any atom is -0.495 e. The van der Waals surface area contributed by atoms with E-state index >= 15 is 0 Å². The van der Waals surface area contributed by atoms with E-state index in [0.29, 0.717) is 18.0 Å². The number of para-hydroxylation sites is 2. The molecule has 2 rings (SSSR count). The van der Waals surface area contributed by atoms with Crippen molar-refractivity contribution in [2.75, 3.05) is 19.0 Å². The highest BCUT2D eigenvalue weighted by molar-refractivity contribution is 5.94. The topological polar surface area (TPSA) is 89.0 Å². The first-order valence-electron chi connectivity index (χ1n) is 9.10. The van der Waals surface area contributed by atoms with E-state index in [1.165, 1.54) is 13.3 Å². The first-order chi connectivity index (χ1) is 13.6. The Morgan fingerprint density at radius 3 is 2.64 bits per heavy atom. The lowest BCUT2D eigenvalue weighted by Gasteiger charge is -2.09. The van der Waals surface area contributed by atoms with Gasteiger partial charge in [-0.05, 0) is 36.2 Å². The molecule has 0 aromatic heterocycles. The first-order valence-corrected chi connectivity index (χ1v) is 9.10. The molecule has 0 atom stereocenters. The highest BCUT2D eigenvalue weighted by Gasteiger charge is 2.09. The lowest BCUT2D eigenvalue weighted by atomic mass is 10.2. The summed E-state index contributed by atoms with van der Waals surface area (Å²) < 4.78 is 10.7. The van der Waals surface area contributed by atoms with Crippen LogP contribution in [0, 0.1) is 0 Å². The summed E-state index contributed by atoms with van der Waals surface area (Å²) in [6.45, 7) is 2.69. The highest BCUT2D eigenvalue weighted by atomic mass is 16.5. The molecule has 0 heterocycles. The second-order valence-corrected chi connectivity index (χ2v) is 5.96. The summed E-state index contributed by atoms with van der Waals surface area (Å²) >= 11 is 0. The fourth-order valence-corrected chi connectivity index (χ4v) is 2.33. The summed E-state index contributed by atoms with van der Waals surface area (Å²) in [7, 11) is 1.53.